The lowest BCUT2D eigenvalue weighted by Crippen LogP contribution is -1.67. The fraction of sp³-hybridized carbons (Fsp3) is 0.750. The van der Waals surface area contributed by atoms with E-state index in [-0.39, 0.29) is 7.43 Å². The van der Waals surface area contributed by atoms with Crippen molar-refractivity contribution in [1.29, 1.82) is 0 Å². The van der Waals surface area contributed by atoms with E-state index in [1.54, 1.807) is 0 Å². The summed E-state index contributed by atoms with van der Waals surface area (Å²) in [6.45, 7) is 6.52. The fourth-order valence-corrected chi connectivity index (χ4v) is 0.493. The Hall–Kier alpha value is -0.260. The summed E-state index contributed by atoms with van der Waals surface area (Å²) >= 11 is 0. The van der Waals surface area contributed by atoms with Gasteiger partial charge in [0.05, 0.1) is 0 Å². The van der Waals surface area contributed by atoms with Gasteiger partial charge < -0.3 is 0 Å². The standard InChI is InChI=1S/C7H14.CH4/c1-4-6-7(3)5-2;/h6H,4-5H2,1-3H3;1H4/b7-6+;. The Labute approximate surface area is 53.6 Å². The van der Waals surface area contributed by atoms with Crippen molar-refractivity contribution in [2.75, 3.05) is 0 Å². The lowest BCUT2D eigenvalue weighted by Gasteiger charge is -1.88. The molecule has 0 spiro atoms. The number of allylic oxidation sites excluding steroid dienone is 2. The summed E-state index contributed by atoms with van der Waals surface area (Å²) in [5.74, 6) is 0. The molecule has 8 heavy (non-hydrogen) atoms. The van der Waals surface area contributed by atoms with Crippen molar-refractivity contribution in [3.05, 3.63) is 11.6 Å². The molecule has 0 heteroatoms. The van der Waals surface area contributed by atoms with E-state index in [0.717, 1.165) is 0 Å². The summed E-state index contributed by atoms with van der Waals surface area (Å²) in [6, 6.07) is 0. The number of hydrogen-bond donors (Lipinski definition) is 0. The van der Waals surface area contributed by atoms with E-state index in [1.807, 2.05) is 0 Å². The van der Waals surface area contributed by atoms with Crippen LogP contribution >= 0.6 is 0 Å². The van der Waals surface area contributed by atoms with Gasteiger partial charge in [-0.1, -0.05) is 32.9 Å². The topological polar surface area (TPSA) is 0 Å². The van der Waals surface area contributed by atoms with Crippen LogP contribution in [0.25, 0.3) is 0 Å². The maximum atomic E-state index is 2.26. The van der Waals surface area contributed by atoms with E-state index >= 15 is 0 Å². The van der Waals surface area contributed by atoms with Crippen molar-refractivity contribution in [3.63, 3.8) is 0 Å². The van der Waals surface area contributed by atoms with Crippen LogP contribution in [-0.4, -0.2) is 0 Å². The second-order valence-electron chi connectivity index (χ2n) is 1.81. The summed E-state index contributed by atoms with van der Waals surface area (Å²) in [7, 11) is 0. The Bertz CT molecular complexity index is 60.4. The molecule has 0 fully saturated rings. The van der Waals surface area contributed by atoms with Crippen LogP contribution in [0.5, 0.6) is 0 Å². The first-order valence-electron chi connectivity index (χ1n) is 2.96. The molecule has 0 heterocycles. The molecule has 0 aromatic heterocycles. The molecule has 50 valence electrons. The van der Waals surface area contributed by atoms with Gasteiger partial charge in [-0.25, -0.2) is 0 Å². The lowest BCUT2D eigenvalue weighted by molar-refractivity contribution is 1.06. The van der Waals surface area contributed by atoms with Gasteiger partial charge in [0.25, 0.3) is 0 Å². The van der Waals surface area contributed by atoms with Gasteiger partial charge in [0.2, 0.25) is 0 Å². The molecule has 0 aliphatic heterocycles. The Balaban J connectivity index is 0. The molecule has 0 aliphatic rings. The molecule has 0 aliphatic carbocycles. The highest BCUT2D eigenvalue weighted by molar-refractivity contribution is 4.95. The van der Waals surface area contributed by atoms with E-state index in [1.165, 1.54) is 18.4 Å². The molecular weight excluding hydrogens is 96.1 g/mol. The third-order valence-electron chi connectivity index (χ3n) is 1.11. The van der Waals surface area contributed by atoms with Crippen molar-refractivity contribution in [2.24, 2.45) is 0 Å². The van der Waals surface area contributed by atoms with Crippen LogP contribution in [0, 0.1) is 0 Å². The summed E-state index contributed by atoms with van der Waals surface area (Å²) in [6.07, 6.45) is 4.65. The summed E-state index contributed by atoms with van der Waals surface area (Å²) < 4.78 is 0. The zero-order valence-corrected chi connectivity index (χ0v) is 5.49. The monoisotopic (exact) mass is 114 g/mol. The minimum Gasteiger partial charge on any atom is -0.0859 e. The third kappa shape index (κ3) is 5.74. The lowest BCUT2D eigenvalue weighted by atomic mass is 10.2. The molecule has 0 nitrogen and oxygen atoms in total. The quantitative estimate of drug-likeness (QED) is 0.483. The molecular formula is C8H18. The third-order valence-corrected chi connectivity index (χ3v) is 1.11. The van der Waals surface area contributed by atoms with Crippen LogP contribution in [0.2, 0.25) is 0 Å². The van der Waals surface area contributed by atoms with Gasteiger partial charge in [0.1, 0.15) is 0 Å². The Kier molecular flexibility index (Phi) is 8.99. The summed E-state index contributed by atoms with van der Waals surface area (Å²) in [5, 5.41) is 0. The molecule has 0 bridgehead atoms. The van der Waals surface area contributed by atoms with E-state index in [0.29, 0.717) is 0 Å². The van der Waals surface area contributed by atoms with Gasteiger partial charge in [-0.05, 0) is 19.8 Å². The van der Waals surface area contributed by atoms with Crippen molar-refractivity contribution >= 4 is 0 Å². The minimum absolute atomic E-state index is 0. The summed E-state index contributed by atoms with van der Waals surface area (Å²) in [4.78, 5) is 0. The number of rotatable bonds is 2. The van der Waals surface area contributed by atoms with Gasteiger partial charge in [-0.2, -0.15) is 0 Å². The predicted molar refractivity (Wildman–Crippen MR) is 41.1 cm³/mol. The van der Waals surface area contributed by atoms with Gasteiger partial charge in [0.15, 0.2) is 0 Å². The minimum atomic E-state index is 0. The molecule has 0 amide bonds. The molecule has 0 saturated carbocycles. The molecule has 0 saturated heterocycles. The SMILES string of the molecule is C.CC/C=C(\C)CC. The van der Waals surface area contributed by atoms with E-state index in [9.17, 15) is 0 Å². The predicted octanol–water partition coefficient (Wildman–Crippen LogP) is 3.39. The largest absolute Gasteiger partial charge is 0.0859 e. The van der Waals surface area contributed by atoms with Crippen molar-refractivity contribution < 1.29 is 0 Å². The fourth-order valence-electron chi connectivity index (χ4n) is 0.493. The first-order valence-corrected chi connectivity index (χ1v) is 2.96. The maximum absolute atomic E-state index is 2.26. The molecule has 0 atom stereocenters. The molecule has 0 aromatic rings. The zero-order chi connectivity index (χ0) is 5.70. The smallest absolute Gasteiger partial charge is 0.0352 e. The molecule has 0 radical (unpaired) electrons. The van der Waals surface area contributed by atoms with Crippen molar-refractivity contribution in [1.82, 2.24) is 0 Å². The van der Waals surface area contributed by atoms with Gasteiger partial charge in [0, 0.05) is 0 Å². The van der Waals surface area contributed by atoms with E-state index in [4.69, 9.17) is 0 Å². The van der Waals surface area contributed by atoms with Gasteiger partial charge >= 0.3 is 0 Å². The van der Waals surface area contributed by atoms with Crippen LogP contribution < -0.4 is 0 Å². The van der Waals surface area contributed by atoms with Crippen LogP contribution in [0.3, 0.4) is 0 Å². The highest BCUT2D eigenvalue weighted by atomic mass is 13.8. The Morgan fingerprint density at radius 2 is 1.88 bits per heavy atom. The van der Waals surface area contributed by atoms with Gasteiger partial charge in [-0.3, -0.25) is 0 Å². The molecule has 0 unspecified atom stereocenters. The Morgan fingerprint density at radius 3 is 2.00 bits per heavy atom. The van der Waals surface area contributed by atoms with Crippen LogP contribution in [0.1, 0.15) is 41.0 Å². The molecule has 0 rings (SSSR count). The summed E-state index contributed by atoms with van der Waals surface area (Å²) in [5.41, 5.74) is 1.50. The zero-order valence-electron chi connectivity index (χ0n) is 5.49. The van der Waals surface area contributed by atoms with Crippen LogP contribution in [0.15, 0.2) is 11.6 Å². The van der Waals surface area contributed by atoms with E-state index in [2.05, 4.69) is 26.8 Å². The van der Waals surface area contributed by atoms with Crippen LogP contribution in [-0.2, 0) is 0 Å². The Morgan fingerprint density at radius 1 is 1.38 bits per heavy atom. The highest BCUT2D eigenvalue weighted by Gasteiger charge is 1.76. The molecule has 0 aromatic carbocycles. The highest BCUT2D eigenvalue weighted by Crippen LogP contribution is 1.97. The van der Waals surface area contributed by atoms with E-state index < -0.39 is 0 Å². The first-order chi connectivity index (χ1) is 3.31. The average Bonchev–Trinajstić information content (AvgIpc) is 1.68. The molecule has 0 N–H and O–H groups in total. The van der Waals surface area contributed by atoms with Gasteiger partial charge in [-0.15, -0.1) is 0 Å². The number of hydrogen-bond acceptors (Lipinski definition) is 0. The van der Waals surface area contributed by atoms with Crippen LogP contribution in [0.4, 0.5) is 0 Å². The second kappa shape index (κ2) is 6.74. The average molecular weight is 114 g/mol. The maximum Gasteiger partial charge on any atom is -0.0352 e. The van der Waals surface area contributed by atoms with Crippen molar-refractivity contribution in [2.45, 2.75) is 41.0 Å². The first kappa shape index (κ1) is 10.7. The van der Waals surface area contributed by atoms with Crippen molar-refractivity contribution in [3.8, 4) is 0 Å². The normalized spacial score (nSPS) is 10.6. The second-order valence-corrected chi connectivity index (χ2v) is 1.81.